The standard InChI is InChI=1S/C40H41N3O5/c1-4-48-38-21-31(13-14-37(38)46-3)32-20-33(40(41)42-22-32)29-11-7-27(8-12-29)19-36(44)35-25-43(23-28-15-17-47-18-16-28)24-34(39(35)45)30-9-5-26(2)6-10-30/h5-14,20-22,24-25,28H,4,15-19,23H2,1-3H3,(H2,41,42). The second kappa shape index (κ2) is 14.7. The van der Waals surface area contributed by atoms with Gasteiger partial charge in [-0.25, -0.2) is 4.98 Å². The first-order chi connectivity index (χ1) is 23.3. The lowest BCUT2D eigenvalue weighted by molar-refractivity contribution is 0.0612. The summed E-state index contributed by atoms with van der Waals surface area (Å²) in [5, 5.41) is 0. The lowest BCUT2D eigenvalue weighted by atomic mass is 9.96. The molecular weight excluding hydrogens is 602 g/mol. The number of hydrogen-bond donors (Lipinski definition) is 1. The van der Waals surface area contributed by atoms with Gasteiger partial charge in [0.2, 0.25) is 0 Å². The zero-order chi connectivity index (χ0) is 33.6. The Morgan fingerprint density at radius 3 is 2.29 bits per heavy atom. The number of hydrogen-bond acceptors (Lipinski definition) is 7. The molecular formula is C40H41N3O5. The quantitative estimate of drug-likeness (QED) is 0.150. The van der Waals surface area contributed by atoms with Crippen molar-refractivity contribution in [2.24, 2.45) is 5.92 Å². The third-order valence-electron chi connectivity index (χ3n) is 8.90. The zero-order valence-corrected chi connectivity index (χ0v) is 27.7. The van der Waals surface area contributed by atoms with Crippen LogP contribution in [0.25, 0.3) is 33.4 Å². The molecule has 3 heterocycles. The van der Waals surface area contributed by atoms with Gasteiger partial charge in [0.15, 0.2) is 22.7 Å². The van der Waals surface area contributed by atoms with Crippen LogP contribution < -0.4 is 20.6 Å². The first kappa shape index (κ1) is 32.7. The van der Waals surface area contributed by atoms with Crippen molar-refractivity contribution in [3.63, 3.8) is 0 Å². The number of methoxy groups -OCH3 is 1. The van der Waals surface area contributed by atoms with Crippen molar-refractivity contribution in [2.75, 3.05) is 32.7 Å². The van der Waals surface area contributed by atoms with Crippen LogP contribution in [0.3, 0.4) is 0 Å². The molecule has 0 amide bonds. The van der Waals surface area contributed by atoms with Gasteiger partial charge in [0, 0.05) is 61.5 Å². The molecule has 3 aromatic carbocycles. The number of rotatable bonds is 11. The van der Waals surface area contributed by atoms with Crippen LogP contribution in [0.1, 0.15) is 41.3 Å². The summed E-state index contributed by atoms with van der Waals surface area (Å²) in [5.74, 6) is 1.94. The van der Waals surface area contributed by atoms with Crippen LogP contribution in [-0.2, 0) is 17.7 Å². The maximum Gasteiger partial charge on any atom is 0.200 e. The van der Waals surface area contributed by atoms with E-state index in [-0.39, 0.29) is 23.2 Å². The average molecular weight is 644 g/mol. The number of nitrogens with zero attached hydrogens (tertiary/aromatic N) is 2. The van der Waals surface area contributed by atoms with Gasteiger partial charge in [-0.15, -0.1) is 0 Å². The van der Waals surface area contributed by atoms with Crippen LogP contribution in [0.15, 0.2) is 96.2 Å². The van der Waals surface area contributed by atoms with E-state index in [0.717, 1.165) is 71.5 Å². The Labute approximate surface area is 281 Å². The number of Topliss-reactive ketones (excluding diaryl/α,β-unsaturated/α-hetero) is 1. The van der Waals surface area contributed by atoms with Crippen molar-refractivity contribution >= 4 is 11.6 Å². The molecule has 8 nitrogen and oxygen atoms in total. The number of anilines is 1. The van der Waals surface area contributed by atoms with Gasteiger partial charge >= 0.3 is 0 Å². The highest BCUT2D eigenvalue weighted by Gasteiger charge is 2.20. The highest BCUT2D eigenvalue weighted by atomic mass is 16.5. The van der Waals surface area contributed by atoms with E-state index in [9.17, 15) is 9.59 Å². The van der Waals surface area contributed by atoms with Crippen LogP contribution in [0.2, 0.25) is 0 Å². The van der Waals surface area contributed by atoms with Crippen LogP contribution in [-0.4, -0.2) is 42.3 Å². The van der Waals surface area contributed by atoms with Gasteiger partial charge in [0.25, 0.3) is 0 Å². The molecule has 0 spiro atoms. The topological polar surface area (TPSA) is 106 Å². The molecule has 2 N–H and O–H groups in total. The molecule has 0 atom stereocenters. The summed E-state index contributed by atoms with van der Waals surface area (Å²) < 4.78 is 18.8. The Morgan fingerprint density at radius 1 is 0.896 bits per heavy atom. The summed E-state index contributed by atoms with van der Waals surface area (Å²) in [6, 6.07) is 23.3. The van der Waals surface area contributed by atoms with E-state index in [2.05, 4.69) is 4.98 Å². The molecule has 8 heteroatoms. The SMILES string of the molecule is CCOc1cc(-c2cnc(N)c(-c3ccc(CC(=O)c4cn(CC5CCOCC5)cc(-c5ccc(C)cc5)c4=O)cc3)c2)ccc1OC. The minimum atomic E-state index is -0.245. The Balaban J connectivity index is 1.26. The summed E-state index contributed by atoms with van der Waals surface area (Å²) >= 11 is 0. The van der Waals surface area contributed by atoms with Gasteiger partial charge in [0.05, 0.1) is 19.3 Å². The van der Waals surface area contributed by atoms with Gasteiger partial charge in [-0.05, 0) is 73.1 Å². The molecule has 0 saturated carbocycles. The van der Waals surface area contributed by atoms with Crippen LogP contribution in [0.4, 0.5) is 5.82 Å². The zero-order valence-electron chi connectivity index (χ0n) is 27.7. The van der Waals surface area contributed by atoms with Gasteiger partial charge in [0.1, 0.15) is 5.82 Å². The lowest BCUT2D eigenvalue weighted by Crippen LogP contribution is -2.25. The predicted octanol–water partition coefficient (Wildman–Crippen LogP) is 7.39. The summed E-state index contributed by atoms with van der Waals surface area (Å²) in [7, 11) is 1.62. The largest absolute Gasteiger partial charge is 0.493 e. The third kappa shape index (κ3) is 7.34. The van der Waals surface area contributed by atoms with Crippen molar-refractivity contribution in [1.82, 2.24) is 9.55 Å². The molecule has 0 radical (unpaired) electrons. The fraction of sp³-hybridized carbons (Fsp3) is 0.275. The van der Waals surface area contributed by atoms with Gasteiger partial charge in [-0.1, -0.05) is 60.2 Å². The maximum atomic E-state index is 13.8. The molecule has 0 unspecified atom stereocenters. The molecule has 0 bridgehead atoms. The molecule has 1 aliphatic heterocycles. The normalized spacial score (nSPS) is 13.3. The van der Waals surface area contributed by atoms with E-state index >= 15 is 0 Å². The lowest BCUT2D eigenvalue weighted by Gasteiger charge is -2.23. The Morgan fingerprint density at radius 2 is 1.58 bits per heavy atom. The van der Waals surface area contributed by atoms with E-state index in [1.165, 1.54) is 0 Å². The van der Waals surface area contributed by atoms with Crippen molar-refractivity contribution < 1.29 is 19.0 Å². The fourth-order valence-electron chi connectivity index (χ4n) is 6.17. The highest BCUT2D eigenvalue weighted by molar-refractivity contribution is 5.98. The van der Waals surface area contributed by atoms with Crippen molar-refractivity contribution in [3.05, 3.63) is 118 Å². The Bertz CT molecular complexity index is 1960. The molecule has 1 saturated heterocycles. The van der Waals surface area contributed by atoms with E-state index in [0.29, 0.717) is 35.4 Å². The Hall–Kier alpha value is -5.21. The first-order valence-corrected chi connectivity index (χ1v) is 16.4. The molecule has 0 aliphatic carbocycles. The average Bonchev–Trinajstić information content (AvgIpc) is 3.10. The molecule has 1 fully saturated rings. The van der Waals surface area contributed by atoms with Gasteiger partial charge < -0.3 is 24.5 Å². The number of aryl methyl sites for hydroxylation is 1. The molecule has 5 aromatic rings. The smallest absolute Gasteiger partial charge is 0.200 e. The second-order valence-electron chi connectivity index (χ2n) is 12.3. The van der Waals surface area contributed by atoms with Crippen molar-refractivity contribution in [3.8, 4) is 44.9 Å². The molecule has 1 aliphatic rings. The highest BCUT2D eigenvalue weighted by Crippen LogP contribution is 2.35. The van der Waals surface area contributed by atoms with E-state index < -0.39 is 0 Å². The number of nitrogens with two attached hydrogens (primary N) is 1. The molecule has 48 heavy (non-hydrogen) atoms. The monoisotopic (exact) mass is 643 g/mol. The molecule has 2 aromatic heterocycles. The van der Waals surface area contributed by atoms with E-state index in [1.807, 2.05) is 97.4 Å². The minimum Gasteiger partial charge on any atom is -0.493 e. The van der Waals surface area contributed by atoms with Crippen LogP contribution in [0, 0.1) is 12.8 Å². The molecule has 246 valence electrons. The van der Waals surface area contributed by atoms with Gasteiger partial charge in [-0.3, -0.25) is 9.59 Å². The maximum absolute atomic E-state index is 13.8. The predicted molar refractivity (Wildman–Crippen MR) is 190 cm³/mol. The number of pyridine rings is 2. The summed E-state index contributed by atoms with van der Waals surface area (Å²) in [6.45, 7) is 6.66. The van der Waals surface area contributed by atoms with Crippen LogP contribution >= 0.6 is 0 Å². The van der Waals surface area contributed by atoms with E-state index in [1.54, 1.807) is 19.5 Å². The number of ketones is 1. The fourth-order valence-corrected chi connectivity index (χ4v) is 6.17. The number of carbonyl (C=O) groups is 1. The molecule has 6 rings (SSSR count). The number of ether oxygens (including phenoxy) is 3. The third-order valence-corrected chi connectivity index (χ3v) is 8.90. The van der Waals surface area contributed by atoms with Crippen molar-refractivity contribution in [1.29, 1.82) is 0 Å². The first-order valence-electron chi connectivity index (χ1n) is 16.4. The minimum absolute atomic E-state index is 0.101. The summed E-state index contributed by atoms with van der Waals surface area (Å²) in [6.07, 6.45) is 7.38. The number of carbonyl (C=O) groups excluding carboxylic acids is 1. The van der Waals surface area contributed by atoms with Gasteiger partial charge in [-0.2, -0.15) is 0 Å². The number of aromatic nitrogens is 2. The van der Waals surface area contributed by atoms with E-state index in [4.69, 9.17) is 19.9 Å². The summed E-state index contributed by atoms with van der Waals surface area (Å²) in [5.41, 5.74) is 13.0. The Kier molecular flexibility index (Phi) is 10.0. The van der Waals surface area contributed by atoms with Crippen molar-refractivity contribution in [2.45, 2.75) is 39.7 Å². The second-order valence-corrected chi connectivity index (χ2v) is 12.3. The number of benzene rings is 3. The van der Waals surface area contributed by atoms with Crippen LogP contribution in [0.5, 0.6) is 11.5 Å². The number of nitrogen functional groups attached to an aromatic ring is 1. The summed E-state index contributed by atoms with van der Waals surface area (Å²) in [4.78, 5) is 32.0.